The molecule has 1 aliphatic rings. The molecule has 0 saturated carbocycles. The maximum atomic E-state index is 13.6. The number of H-pyrrole nitrogens is 1. The van der Waals surface area contributed by atoms with Gasteiger partial charge in [-0.1, -0.05) is 71.2 Å². The van der Waals surface area contributed by atoms with Gasteiger partial charge in [0.2, 0.25) is 0 Å². The summed E-state index contributed by atoms with van der Waals surface area (Å²) in [4.78, 5) is 12.9. The van der Waals surface area contributed by atoms with Crippen molar-refractivity contribution in [1.82, 2.24) is 15.6 Å². The first-order valence-corrected chi connectivity index (χ1v) is 13.1. The van der Waals surface area contributed by atoms with Gasteiger partial charge in [-0.2, -0.15) is 10.2 Å². The van der Waals surface area contributed by atoms with Gasteiger partial charge in [-0.05, 0) is 30.3 Å². The number of fused-ring (bicyclic) bond motifs is 3. The van der Waals surface area contributed by atoms with Crippen LogP contribution in [0.1, 0.15) is 5.56 Å². The van der Waals surface area contributed by atoms with Gasteiger partial charge >= 0.3 is 0 Å². The lowest BCUT2D eigenvalue weighted by Gasteiger charge is -2.29. The molecule has 0 aliphatic carbocycles. The van der Waals surface area contributed by atoms with Gasteiger partial charge in [-0.25, -0.2) is 13.8 Å². The molecule has 1 amide bonds. The van der Waals surface area contributed by atoms with E-state index in [0.717, 1.165) is 4.31 Å². The van der Waals surface area contributed by atoms with E-state index < -0.39 is 22.5 Å². The van der Waals surface area contributed by atoms with Crippen molar-refractivity contribution in [3.05, 3.63) is 87.4 Å². The largest absolute Gasteiger partial charge is 0.275 e. The smallest absolute Gasteiger partial charge is 0.265 e. The summed E-state index contributed by atoms with van der Waals surface area (Å²) in [7, 11) is -4.11. The number of nitrogens with zero attached hydrogens (tertiary/aromatic N) is 3. The normalized spacial score (nSPS) is 13.9. The number of nitrogens with one attached hydrogen (secondary N) is 2. The minimum Gasteiger partial charge on any atom is -0.275 e. The second kappa shape index (κ2) is 9.59. The Morgan fingerprint density at radius 2 is 1.75 bits per heavy atom. The third-order valence-corrected chi connectivity index (χ3v) is 8.18. The lowest BCUT2D eigenvalue weighted by atomic mass is 10.1. The Bertz CT molecular complexity index is 1620. The van der Waals surface area contributed by atoms with Crippen LogP contribution in [0.25, 0.3) is 22.5 Å². The number of aromatic amines is 1. The summed E-state index contributed by atoms with van der Waals surface area (Å²) < 4.78 is 28.3. The van der Waals surface area contributed by atoms with Crippen molar-refractivity contribution in [1.29, 1.82) is 0 Å². The van der Waals surface area contributed by atoms with Crippen molar-refractivity contribution in [2.45, 2.75) is 4.90 Å². The molecule has 4 aromatic rings. The number of carbonyl (C=O) groups is 1. The van der Waals surface area contributed by atoms with E-state index in [1.54, 1.807) is 60.7 Å². The predicted molar refractivity (Wildman–Crippen MR) is 141 cm³/mol. The van der Waals surface area contributed by atoms with E-state index in [-0.39, 0.29) is 10.6 Å². The molecule has 36 heavy (non-hydrogen) atoms. The fourth-order valence-electron chi connectivity index (χ4n) is 3.87. The molecule has 0 bridgehead atoms. The summed E-state index contributed by atoms with van der Waals surface area (Å²) in [6.07, 6.45) is 1.29. The Morgan fingerprint density at radius 1 is 1.03 bits per heavy atom. The number of halogens is 3. The maximum absolute atomic E-state index is 13.6. The molecule has 12 heteroatoms. The highest BCUT2D eigenvalue weighted by atomic mass is 35.5. The van der Waals surface area contributed by atoms with Crippen LogP contribution in [-0.2, 0) is 14.8 Å². The summed E-state index contributed by atoms with van der Waals surface area (Å²) >= 11 is 18.4. The summed E-state index contributed by atoms with van der Waals surface area (Å²) in [5, 5.41) is 12.4. The monoisotopic (exact) mass is 559 g/mol. The standard InChI is InChI=1S/C24H16Cl3N5O3S/c25-15-6-3-5-14(11-15)22-24-23(31-30-22)16-7-1-2-10-20(16)36(34,35)32(24)13-21(33)29-28-12-17-18(26)8-4-9-19(17)27/h1-12H,13H2,(H,29,33)(H,30,31). The molecule has 0 radical (unpaired) electrons. The molecular formula is C24H16Cl3N5O3S. The number of aromatic nitrogens is 2. The van der Waals surface area contributed by atoms with Gasteiger partial charge in [-0.15, -0.1) is 0 Å². The van der Waals surface area contributed by atoms with Gasteiger partial charge in [0, 0.05) is 21.7 Å². The van der Waals surface area contributed by atoms with Crippen LogP contribution < -0.4 is 9.73 Å². The van der Waals surface area contributed by atoms with E-state index in [1.165, 1.54) is 12.3 Å². The molecule has 2 heterocycles. The van der Waals surface area contributed by atoms with Gasteiger partial charge in [-0.3, -0.25) is 14.2 Å². The summed E-state index contributed by atoms with van der Waals surface area (Å²) in [6.45, 7) is -0.551. The van der Waals surface area contributed by atoms with Crippen LogP contribution in [0.3, 0.4) is 0 Å². The van der Waals surface area contributed by atoms with Crippen LogP contribution in [0.2, 0.25) is 15.1 Å². The Hall–Kier alpha value is -3.37. The molecule has 182 valence electrons. The summed E-state index contributed by atoms with van der Waals surface area (Å²) in [5.74, 6) is -0.679. The van der Waals surface area contributed by atoms with Crippen LogP contribution in [-0.4, -0.2) is 37.3 Å². The number of anilines is 1. The third-order valence-electron chi connectivity index (χ3n) is 5.48. The van der Waals surface area contributed by atoms with Gasteiger partial charge in [0.1, 0.15) is 17.9 Å². The molecule has 0 saturated heterocycles. The first-order valence-electron chi connectivity index (χ1n) is 10.5. The number of hydrazone groups is 1. The molecular weight excluding hydrogens is 545 g/mol. The Kier molecular flexibility index (Phi) is 6.48. The van der Waals surface area contributed by atoms with Crippen LogP contribution in [0.5, 0.6) is 0 Å². The molecule has 0 fully saturated rings. The SMILES string of the molecule is O=C(CN1c2c(-c3cccc(Cl)c3)n[nH]c2-c2ccccc2S1(=O)=O)NN=Cc1c(Cl)cccc1Cl. The Balaban J connectivity index is 1.52. The summed E-state index contributed by atoms with van der Waals surface area (Å²) in [5.41, 5.74) is 4.85. The van der Waals surface area contributed by atoms with E-state index in [4.69, 9.17) is 34.8 Å². The van der Waals surface area contributed by atoms with E-state index in [0.29, 0.717) is 43.1 Å². The molecule has 1 aliphatic heterocycles. The highest BCUT2D eigenvalue weighted by Gasteiger charge is 2.39. The van der Waals surface area contributed by atoms with Crippen molar-refractivity contribution in [3.8, 4) is 22.5 Å². The van der Waals surface area contributed by atoms with E-state index in [2.05, 4.69) is 20.7 Å². The fraction of sp³-hybridized carbons (Fsp3) is 0.0417. The van der Waals surface area contributed by atoms with E-state index in [1.807, 2.05) is 0 Å². The molecule has 8 nitrogen and oxygen atoms in total. The topological polar surface area (TPSA) is 108 Å². The van der Waals surface area contributed by atoms with Gasteiger partial charge in [0.15, 0.2) is 0 Å². The summed E-state index contributed by atoms with van der Waals surface area (Å²) in [6, 6.07) is 18.3. The molecule has 5 rings (SSSR count). The molecule has 0 atom stereocenters. The van der Waals surface area contributed by atoms with Gasteiger partial charge < -0.3 is 0 Å². The minimum absolute atomic E-state index is 0.0537. The first-order chi connectivity index (χ1) is 17.3. The Labute approximate surface area is 221 Å². The van der Waals surface area contributed by atoms with Gasteiger partial charge in [0.05, 0.1) is 26.8 Å². The average Bonchev–Trinajstić information content (AvgIpc) is 3.29. The van der Waals surface area contributed by atoms with Crippen molar-refractivity contribution in [3.63, 3.8) is 0 Å². The Morgan fingerprint density at radius 3 is 2.50 bits per heavy atom. The molecule has 3 aromatic carbocycles. The van der Waals surface area contributed by atoms with E-state index >= 15 is 0 Å². The first kappa shape index (κ1) is 24.3. The number of hydrogen-bond donors (Lipinski definition) is 2. The van der Waals surface area contributed by atoms with Crippen LogP contribution >= 0.6 is 34.8 Å². The van der Waals surface area contributed by atoms with Crippen LogP contribution in [0.15, 0.2) is 76.7 Å². The third kappa shape index (κ3) is 4.35. The number of benzene rings is 3. The van der Waals surface area contributed by atoms with Crippen molar-refractivity contribution in [2.24, 2.45) is 5.10 Å². The van der Waals surface area contributed by atoms with Crippen molar-refractivity contribution in [2.75, 3.05) is 10.8 Å². The zero-order chi connectivity index (χ0) is 25.4. The zero-order valence-corrected chi connectivity index (χ0v) is 21.3. The number of carbonyl (C=O) groups excluding carboxylic acids is 1. The minimum atomic E-state index is -4.11. The zero-order valence-electron chi connectivity index (χ0n) is 18.2. The highest BCUT2D eigenvalue weighted by molar-refractivity contribution is 7.93. The molecule has 2 N–H and O–H groups in total. The van der Waals surface area contributed by atoms with E-state index in [9.17, 15) is 13.2 Å². The fourth-order valence-corrected chi connectivity index (χ4v) is 6.20. The lowest BCUT2D eigenvalue weighted by Crippen LogP contribution is -2.41. The average molecular weight is 561 g/mol. The number of sulfonamides is 1. The van der Waals surface area contributed by atoms with Gasteiger partial charge in [0.25, 0.3) is 15.9 Å². The molecule has 1 aromatic heterocycles. The predicted octanol–water partition coefficient (Wildman–Crippen LogP) is 5.36. The molecule has 0 spiro atoms. The highest BCUT2D eigenvalue weighted by Crippen LogP contribution is 2.46. The van der Waals surface area contributed by atoms with Crippen LogP contribution in [0.4, 0.5) is 5.69 Å². The molecule has 0 unspecified atom stereocenters. The number of hydrogen-bond acceptors (Lipinski definition) is 5. The number of rotatable bonds is 5. The van der Waals surface area contributed by atoms with Crippen LogP contribution in [0, 0.1) is 0 Å². The second-order valence-corrected chi connectivity index (χ2v) is 10.8. The second-order valence-electron chi connectivity index (χ2n) is 7.74. The lowest BCUT2D eigenvalue weighted by molar-refractivity contribution is -0.119. The quantitative estimate of drug-likeness (QED) is 0.253. The van der Waals surface area contributed by atoms with Crippen molar-refractivity contribution < 1.29 is 13.2 Å². The number of amides is 1. The maximum Gasteiger partial charge on any atom is 0.265 e. The van der Waals surface area contributed by atoms with Crippen molar-refractivity contribution >= 4 is 62.6 Å².